The Morgan fingerprint density at radius 3 is 3.12 bits per heavy atom. The summed E-state index contributed by atoms with van der Waals surface area (Å²) in [5, 5.41) is 2.71. The van der Waals surface area contributed by atoms with Crippen molar-refractivity contribution < 1.29 is 8.63 Å². The highest BCUT2D eigenvalue weighted by Crippen LogP contribution is 2.23. The third-order valence-corrected chi connectivity index (χ3v) is 4.35. The van der Waals surface area contributed by atoms with Gasteiger partial charge >= 0.3 is 5.76 Å². The van der Waals surface area contributed by atoms with Crippen molar-refractivity contribution >= 4 is 28.2 Å². The standard InChI is InChI=1S/C10H8N2O3S2/c1-6-11-4-7(16-6)5-12-8-2-3-17(14)9(8)15-10(12)13/h2-4H,5H2,1H3. The van der Waals surface area contributed by atoms with Gasteiger partial charge in [0, 0.05) is 16.5 Å². The molecule has 1 aliphatic heterocycles. The van der Waals surface area contributed by atoms with Crippen LogP contribution >= 0.6 is 11.3 Å². The van der Waals surface area contributed by atoms with Crippen molar-refractivity contribution in [1.29, 1.82) is 0 Å². The lowest BCUT2D eigenvalue weighted by Gasteiger charge is -1.98. The van der Waals surface area contributed by atoms with Crippen LogP contribution in [-0.2, 0) is 17.3 Å². The molecule has 3 rings (SSSR count). The van der Waals surface area contributed by atoms with Crippen LogP contribution in [0.1, 0.15) is 15.6 Å². The molecule has 0 amide bonds. The third-order valence-electron chi connectivity index (χ3n) is 2.42. The van der Waals surface area contributed by atoms with Crippen LogP contribution in [0.2, 0.25) is 0 Å². The molecule has 0 radical (unpaired) electrons. The first-order chi connectivity index (χ1) is 8.15. The Balaban J connectivity index is 2.05. The lowest BCUT2D eigenvalue weighted by Crippen LogP contribution is -2.15. The fourth-order valence-electron chi connectivity index (χ4n) is 1.67. The first-order valence-electron chi connectivity index (χ1n) is 4.89. The molecule has 0 saturated heterocycles. The molecule has 3 heterocycles. The average Bonchev–Trinajstić information content (AvgIpc) is 2.91. The molecule has 0 spiro atoms. The van der Waals surface area contributed by atoms with Crippen molar-refractivity contribution in [3.05, 3.63) is 37.7 Å². The predicted molar refractivity (Wildman–Crippen MR) is 64.4 cm³/mol. The molecule has 2 aromatic rings. The van der Waals surface area contributed by atoms with Crippen LogP contribution < -0.4 is 5.76 Å². The van der Waals surface area contributed by atoms with Crippen LogP contribution in [0.25, 0.3) is 6.08 Å². The fraction of sp³-hybridized carbons (Fsp3) is 0.200. The van der Waals surface area contributed by atoms with Crippen molar-refractivity contribution in [2.75, 3.05) is 0 Å². The number of nitrogens with zero attached hydrogens (tertiary/aromatic N) is 2. The maximum Gasteiger partial charge on any atom is 0.420 e. The summed E-state index contributed by atoms with van der Waals surface area (Å²) in [6.45, 7) is 2.32. The van der Waals surface area contributed by atoms with Gasteiger partial charge in [-0.05, 0) is 13.0 Å². The van der Waals surface area contributed by atoms with Crippen LogP contribution in [0, 0.1) is 6.92 Å². The SMILES string of the molecule is Cc1ncc(Cn2c3c(oc2=O)S(=O)C=C3)s1. The number of rotatable bonds is 2. The quantitative estimate of drug-likeness (QED) is 0.824. The van der Waals surface area contributed by atoms with E-state index in [2.05, 4.69) is 4.98 Å². The number of hydrogen-bond acceptors (Lipinski definition) is 5. The van der Waals surface area contributed by atoms with E-state index in [4.69, 9.17) is 4.42 Å². The Morgan fingerprint density at radius 2 is 2.41 bits per heavy atom. The number of fused-ring (bicyclic) bond motifs is 1. The molecule has 88 valence electrons. The number of oxazole rings is 1. The smallest absolute Gasteiger partial charge is 0.398 e. The van der Waals surface area contributed by atoms with Gasteiger partial charge in [0.25, 0.3) is 0 Å². The molecule has 0 fully saturated rings. The average molecular weight is 268 g/mol. The van der Waals surface area contributed by atoms with Crippen molar-refractivity contribution in [2.24, 2.45) is 0 Å². The molecule has 5 nitrogen and oxygen atoms in total. The van der Waals surface area contributed by atoms with Crippen molar-refractivity contribution in [3.8, 4) is 0 Å². The van der Waals surface area contributed by atoms with Gasteiger partial charge in [0.15, 0.2) is 0 Å². The minimum atomic E-state index is -1.32. The van der Waals surface area contributed by atoms with E-state index in [9.17, 15) is 9.00 Å². The molecule has 0 saturated carbocycles. The summed E-state index contributed by atoms with van der Waals surface area (Å²) in [6, 6.07) is 0. The Bertz CT molecular complexity index is 693. The maximum absolute atomic E-state index is 11.6. The zero-order valence-corrected chi connectivity index (χ0v) is 10.5. The number of aromatic nitrogens is 2. The van der Waals surface area contributed by atoms with Crippen LogP contribution in [-0.4, -0.2) is 13.8 Å². The lowest BCUT2D eigenvalue weighted by atomic mass is 10.4. The largest absolute Gasteiger partial charge is 0.420 e. The Kier molecular flexibility index (Phi) is 2.37. The molecule has 1 aliphatic rings. The van der Waals surface area contributed by atoms with Crippen LogP contribution in [0.3, 0.4) is 0 Å². The van der Waals surface area contributed by atoms with Gasteiger partial charge in [-0.1, -0.05) is 0 Å². The van der Waals surface area contributed by atoms with E-state index in [0.717, 1.165) is 9.88 Å². The highest BCUT2D eigenvalue weighted by Gasteiger charge is 2.23. The van der Waals surface area contributed by atoms with Crippen molar-refractivity contribution in [3.63, 3.8) is 0 Å². The summed E-state index contributed by atoms with van der Waals surface area (Å²) in [5.41, 5.74) is 0.597. The first-order valence-corrected chi connectivity index (χ1v) is 6.92. The van der Waals surface area contributed by atoms with Gasteiger partial charge < -0.3 is 4.42 Å². The van der Waals surface area contributed by atoms with Gasteiger partial charge in [0.05, 0.1) is 11.6 Å². The monoisotopic (exact) mass is 268 g/mol. The fourth-order valence-corrected chi connectivity index (χ4v) is 3.37. The highest BCUT2D eigenvalue weighted by atomic mass is 32.2. The summed E-state index contributed by atoms with van der Waals surface area (Å²) in [4.78, 5) is 16.7. The van der Waals surface area contributed by atoms with Crippen molar-refractivity contribution in [1.82, 2.24) is 9.55 Å². The summed E-state index contributed by atoms with van der Waals surface area (Å²) in [7, 11) is -1.32. The van der Waals surface area contributed by atoms with E-state index in [-0.39, 0.29) is 5.09 Å². The lowest BCUT2D eigenvalue weighted by molar-refractivity contribution is 0.417. The van der Waals surface area contributed by atoms with Gasteiger partial charge in [-0.2, -0.15) is 0 Å². The molecule has 17 heavy (non-hydrogen) atoms. The van der Waals surface area contributed by atoms with Gasteiger partial charge in [0.1, 0.15) is 16.5 Å². The van der Waals surface area contributed by atoms with E-state index < -0.39 is 16.6 Å². The summed E-state index contributed by atoms with van der Waals surface area (Å²) >= 11 is 1.53. The Hall–Kier alpha value is -1.47. The molecule has 0 aromatic carbocycles. The minimum Gasteiger partial charge on any atom is -0.398 e. The Labute approximate surface area is 103 Å². The highest BCUT2D eigenvalue weighted by molar-refractivity contribution is 7.88. The van der Waals surface area contributed by atoms with Crippen LogP contribution in [0.4, 0.5) is 0 Å². The van der Waals surface area contributed by atoms with Gasteiger partial charge in [-0.15, -0.1) is 11.3 Å². The number of aryl methyl sites for hydroxylation is 1. The summed E-state index contributed by atoms with van der Waals surface area (Å²) in [5.74, 6) is -0.473. The zero-order valence-electron chi connectivity index (χ0n) is 8.87. The molecule has 7 heteroatoms. The van der Waals surface area contributed by atoms with E-state index in [1.807, 2.05) is 6.92 Å². The third kappa shape index (κ3) is 1.71. The zero-order chi connectivity index (χ0) is 12.0. The molecule has 1 unspecified atom stereocenters. The molecule has 0 aliphatic carbocycles. The first kappa shape index (κ1) is 10.7. The van der Waals surface area contributed by atoms with Crippen molar-refractivity contribution in [2.45, 2.75) is 18.6 Å². The minimum absolute atomic E-state index is 0.247. The molecular formula is C10H8N2O3S2. The second kappa shape index (κ2) is 3.78. The van der Waals surface area contributed by atoms with E-state index in [1.165, 1.54) is 21.3 Å². The number of thiazole rings is 1. The second-order valence-electron chi connectivity index (χ2n) is 3.57. The topological polar surface area (TPSA) is 65.1 Å². The maximum atomic E-state index is 11.6. The van der Waals surface area contributed by atoms with E-state index in [1.54, 1.807) is 12.3 Å². The summed E-state index contributed by atoms with van der Waals surface area (Å²) < 4.78 is 17.9. The molecule has 1 atom stereocenters. The normalized spacial score (nSPS) is 17.6. The van der Waals surface area contributed by atoms with Gasteiger partial charge in [-0.25, -0.2) is 14.0 Å². The number of hydrogen-bond donors (Lipinski definition) is 0. The Morgan fingerprint density at radius 1 is 1.59 bits per heavy atom. The molecular weight excluding hydrogens is 260 g/mol. The van der Waals surface area contributed by atoms with Crippen LogP contribution in [0.15, 0.2) is 25.9 Å². The van der Waals surface area contributed by atoms with Gasteiger partial charge in [0.2, 0.25) is 5.09 Å². The molecule has 2 aromatic heterocycles. The van der Waals surface area contributed by atoms with E-state index >= 15 is 0 Å². The predicted octanol–water partition coefficient (Wildman–Crippen LogP) is 1.35. The van der Waals surface area contributed by atoms with Gasteiger partial charge in [-0.3, -0.25) is 4.57 Å². The summed E-state index contributed by atoms with van der Waals surface area (Å²) in [6.07, 6.45) is 3.39. The van der Waals surface area contributed by atoms with E-state index in [0.29, 0.717) is 12.2 Å². The van der Waals surface area contributed by atoms with Crippen LogP contribution in [0.5, 0.6) is 0 Å². The second-order valence-corrected chi connectivity index (χ2v) is 6.13. The molecule has 0 N–H and O–H groups in total. The molecule has 0 bridgehead atoms.